The Balaban J connectivity index is 1.20. The van der Waals surface area contributed by atoms with Crippen LogP contribution in [0.25, 0.3) is 10.8 Å². The smallest absolute Gasteiger partial charge is 0.319 e. The van der Waals surface area contributed by atoms with Crippen molar-refractivity contribution in [1.29, 1.82) is 0 Å². The van der Waals surface area contributed by atoms with Crippen LogP contribution in [0.5, 0.6) is 11.8 Å². The highest BCUT2D eigenvalue weighted by Gasteiger charge is 2.50. The van der Waals surface area contributed by atoms with E-state index in [9.17, 15) is 14.3 Å². The van der Waals surface area contributed by atoms with Gasteiger partial charge in [-0.1, -0.05) is 13.0 Å². The zero-order chi connectivity index (χ0) is 30.9. The molecule has 2 unspecified atom stereocenters. The number of phenolic OH excluding ortho intramolecular Hbond substituents is 1. The van der Waals surface area contributed by atoms with Crippen molar-refractivity contribution in [2.75, 3.05) is 49.3 Å². The Morgan fingerprint density at radius 1 is 1.16 bits per heavy atom. The van der Waals surface area contributed by atoms with Gasteiger partial charge in [-0.15, -0.1) is 0 Å². The molecule has 0 saturated carbocycles. The number of amides is 1. The first-order valence-corrected chi connectivity index (χ1v) is 16.5. The van der Waals surface area contributed by atoms with E-state index in [1.807, 2.05) is 6.92 Å². The number of hydrogen-bond donors (Lipinski definition) is 2. The average Bonchev–Trinajstić information content (AvgIpc) is 3.63. The number of benzene rings is 2. The van der Waals surface area contributed by atoms with Crippen molar-refractivity contribution in [2.24, 2.45) is 0 Å². The summed E-state index contributed by atoms with van der Waals surface area (Å²) in [7, 11) is 0. The molecule has 7 heterocycles. The largest absolute Gasteiger partial charge is 0.508 e. The lowest BCUT2D eigenvalue weighted by atomic mass is 9.91. The van der Waals surface area contributed by atoms with Crippen LogP contribution < -0.4 is 19.9 Å². The van der Waals surface area contributed by atoms with Gasteiger partial charge in [0.05, 0.1) is 11.2 Å². The number of fused-ring (bicyclic) bond motifs is 6. The number of aromatic hydroxyl groups is 1. The van der Waals surface area contributed by atoms with Gasteiger partial charge in [0, 0.05) is 54.8 Å². The minimum atomic E-state index is -0.357. The monoisotopic (exact) mass is 618 g/mol. The Bertz CT molecular complexity index is 1660. The molecular formula is C34H40F2N6O3. The number of phenols is 1. The Labute approximate surface area is 261 Å². The minimum Gasteiger partial charge on any atom is -0.508 e. The second kappa shape index (κ2) is 11.0. The summed E-state index contributed by atoms with van der Waals surface area (Å²) in [4.78, 5) is 30.4. The van der Waals surface area contributed by atoms with Crippen molar-refractivity contribution in [3.05, 3.63) is 46.9 Å². The molecule has 5 fully saturated rings. The topological polar surface area (TPSA) is 94.1 Å². The number of nitrogens with zero attached hydrogens (tertiary/aromatic N) is 5. The fourth-order valence-electron chi connectivity index (χ4n) is 8.82. The highest BCUT2D eigenvalue weighted by atomic mass is 19.1. The van der Waals surface area contributed by atoms with E-state index >= 15 is 4.39 Å². The molecule has 6 aliphatic rings. The number of aromatic nitrogens is 2. The van der Waals surface area contributed by atoms with Crippen LogP contribution in [0.2, 0.25) is 0 Å². The standard InChI is InChI=1S/C34H40F2N6O3/c1-2-25-27(36)7-4-20-14-24(43)15-28(29(20)25)40-13-9-26-30(32(40)44)38-33(39-31(26)41-18-21-5-6-23(41)17-37-21)45-19-34-10-3-12-42(34)22(16-35)8-11-34/h4,7,14-15,21-23,37,43H,2-3,5-6,8-13,16-19H2,1H3/t21?,22-,23?,34-/m1/s1. The molecule has 2 N–H and O–H groups in total. The summed E-state index contributed by atoms with van der Waals surface area (Å²) in [5.41, 5.74) is 1.84. The van der Waals surface area contributed by atoms with Gasteiger partial charge in [-0.3, -0.25) is 9.69 Å². The molecule has 45 heavy (non-hydrogen) atoms. The molecule has 1 amide bonds. The summed E-state index contributed by atoms with van der Waals surface area (Å²) in [6, 6.07) is 6.93. The van der Waals surface area contributed by atoms with Crippen LogP contribution in [0.4, 0.5) is 20.3 Å². The average molecular weight is 619 g/mol. The van der Waals surface area contributed by atoms with Crippen molar-refractivity contribution in [3.8, 4) is 11.8 Å². The van der Waals surface area contributed by atoms with E-state index in [-0.39, 0.29) is 53.5 Å². The van der Waals surface area contributed by atoms with Crippen molar-refractivity contribution < 1.29 is 23.4 Å². The summed E-state index contributed by atoms with van der Waals surface area (Å²) >= 11 is 0. The van der Waals surface area contributed by atoms with Crippen molar-refractivity contribution in [2.45, 2.75) is 82.0 Å². The number of aryl methyl sites for hydroxylation is 1. The van der Waals surface area contributed by atoms with E-state index in [4.69, 9.17) is 14.7 Å². The molecule has 238 valence electrons. The molecule has 0 aliphatic carbocycles. The first-order chi connectivity index (χ1) is 21.9. The lowest BCUT2D eigenvalue weighted by Crippen LogP contribution is -2.61. The van der Waals surface area contributed by atoms with Crippen LogP contribution >= 0.6 is 0 Å². The van der Waals surface area contributed by atoms with Crippen LogP contribution in [0, 0.1) is 5.82 Å². The molecule has 6 aliphatic heterocycles. The molecular weight excluding hydrogens is 578 g/mol. The first-order valence-electron chi connectivity index (χ1n) is 16.5. The van der Waals surface area contributed by atoms with Gasteiger partial charge in [0.2, 0.25) is 0 Å². The van der Waals surface area contributed by atoms with Gasteiger partial charge in [-0.25, -0.2) is 8.78 Å². The van der Waals surface area contributed by atoms with Crippen LogP contribution in [0.15, 0.2) is 24.3 Å². The van der Waals surface area contributed by atoms with Gasteiger partial charge in [-0.2, -0.15) is 9.97 Å². The number of carbonyl (C=O) groups is 1. The molecule has 3 aromatic rings. The Kier molecular flexibility index (Phi) is 7.09. The number of carbonyl (C=O) groups excluding carboxylic acids is 1. The van der Waals surface area contributed by atoms with Crippen LogP contribution in [-0.2, 0) is 12.8 Å². The lowest BCUT2D eigenvalue weighted by Gasteiger charge is -2.47. The van der Waals surface area contributed by atoms with Crippen LogP contribution in [0.1, 0.15) is 67.1 Å². The molecule has 5 saturated heterocycles. The van der Waals surface area contributed by atoms with Crippen molar-refractivity contribution in [1.82, 2.24) is 20.2 Å². The first kappa shape index (κ1) is 28.9. The molecule has 4 atom stereocenters. The maximum Gasteiger partial charge on any atom is 0.319 e. The molecule has 11 heteroatoms. The molecule has 9 rings (SSSR count). The Hall–Kier alpha value is -3.57. The van der Waals surface area contributed by atoms with E-state index in [0.29, 0.717) is 54.1 Å². The van der Waals surface area contributed by atoms with E-state index in [2.05, 4.69) is 15.1 Å². The number of anilines is 2. The SMILES string of the molecule is CCc1c(F)ccc2cc(O)cc(N3CCc4c(nc(OC[C@]56CCCN5[C@@H](CF)CC6)nc4N4CC5CCC4CN5)C3=O)c12. The third-order valence-electron chi connectivity index (χ3n) is 11.1. The Morgan fingerprint density at radius 2 is 2.04 bits per heavy atom. The Morgan fingerprint density at radius 3 is 2.80 bits per heavy atom. The van der Waals surface area contributed by atoms with Gasteiger partial charge in [0.1, 0.15) is 36.4 Å². The quantitative estimate of drug-likeness (QED) is 0.399. The molecule has 2 aromatic carbocycles. The summed E-state index contributed by atoms with van der Waals surface area (Å²) < 4.78 is 35.2. The lowest BCUT2D eigenvalue weighted by molar-refractivity contribution is 0.0765. The van der Waals surface area contributed by atoms with Crippen molar-refractivity contribution in [3.63, 3.8) is 0 Å². The van der Waals surface area contributed by atoms with Gasteiger partial charge in [-0.05, 0) is 81.0 Å². The van der Waals surface area contributed by atoms with E-state index < -0.39 is 0 Å². The predicted molar refractivity (Wildman–Crippen MR) is 168 cm³/mol. The van der Waals surface area contributed by atoms with Gasteiger partial charge >= 0.3 is 6.01 Å². The highest BCUT2D eigenvalue weighted by Crippen LogP contribution is 2.44. The summed E-state index contributed by atoms with van der Waals surface area (Å²) in [6.45, 7) is 4.76. The number of nitrogens with one attached hydrogen (secondary N) is 1. The number of halogens is 2. The third kappa shape index (κ3) is 4.64. The maximum absolute atomic E-state index is 15.0. The van der Waals surface area contributed by atoms with Gasteiger partial charge in [0.15, 0.2) is 0 Å². The summed E-state index contributed by atoms with van der Waals surface area (Å²) in [6.07, 6.45) is 6.75. The number of ether oxygens (including phenoxy) is 1. The van der Waals surface area contributed by atoms with Gasteiger partial charge < -0.3 is 25.0 Å². The van der Waals surface area contributed by atoms with E-state index in [1.54, 1.807) is 23.1 Å². The molecule has 1 aromatic heterocycles. The maximum atomic E-state index is 15.0. The number of hydrogen-bond acceptors (Lipinski definition) is 8. The second-order valence-corrected chi connectivity index (χ2v) is 13.5. The van der Waals surface area contributed by atoms with E-state index in [1.165, 1.54) is 6.07 Å². The van der Waals surface area contributed by atoms with Gasteiger partial charge in [0.25, 0.3) is 5.91 Å². The number of alkyl halides is 1. The van der Waals surface area contributed by atoms with Crippen LogP contribution in [-0.4, -0.2) is 89.0 Å². The third-order valence-corrected chi connectivity index (χ3v) is 11.1. The highest BCUT2D eigenvalue weighted by molar-refractivity contribution is 6.13. The molecule has 9 nitrogen and oxygen atoms in total. The zero-order valence-electron chi connectivity index (χ0n) is 25.7. The summed E-state index contributed by atoms with van der Waals surface area (Å²) in [5, 5.41) is 15.5. The zero-order valence-corrected chi connectivity index (χ0v) is 25.7. The van der Waals surface area contributed by atoms with Crippen molar-refractivity contribution >= 4 is 28.2 Å². The number of piperazine rings is 1. The predicted octanol–water partition coefficient (Wildman–Crippen LogP) is 4.53. The van der Waals surface area contributed by atoms with E-state index in [0.717, 1.165) is 69.5 Å². The normalized spacial score (nSPS) is 27.8. The minimum absolute atomic E-state index is 0.0116. The second-order valence-electron chi connectivity index (χ2n) is 13.5. The summed E-state index contributed by atoms with van der Waals surface area (Å²) in [5.74, 6) is 0.118. The fraction of sp³-hybridized carbons (Fsp3) is 0.559. The molecule has 0 radical (unpaired) electrons. The van der Waals surface area contributed by atoms with Crippen LogP contribution in [0.3, 0.4) is 0 Å². The fourth-order valence-corrected chi connectivity index (χ4v) is 8.82. The molecule has 2 bridgehead atoms. The number of rotatable bonds is 7. The number of piperidine rings is 2. The molecule has 0 spiro atoms.